The van der Waals surface area contributed by atoms with Crippen molar-refractivity contribution >= 4 is 40.0 Å². The van der Waals surface area contributed by atoms with Gasteiger partial charge in [0.15, 0.2) is 6.10 Å². The number of rotatable bonds is 36. The molecular formula is C54H63N3O18S. The van der Waals surface area contributed by atoms with E-state index < -0.39 is 89.7 Å². The highest BCUT2D eigenvalue weighted by Crippen LogP contribution is 2.30. The predicted molar refractivity (Wildman–Crippen MR) is 275 cm³/mol. The van der Waals surface area contributed by atoms with Gasteiger partial charge in [0.05, 0.1) is 32.7 Å². The summed E-state index contributed by atoms with van der Waals surface area (Å²) in [5.74, 6) is -5.41. The zero-order chi connectivity index (χ0) is 55.0. The fourth-order valence-electron chi connectivity index (χ4n) is 7.85. The summed E-state index contributed by atoms with van der Waals surface area (Å²) in [6.45, 7) is -1.87. The third-order valence-corrected chi connectivity index (χ3v) is 12.4. The summed E-state index contributed by atoms with van der Waals surface area (Å²) in [5, 5.41) is 47.9. The Morgan fingerprint density at radius 3 is 1.57 bits per heavy atom. The lowest BCUT2D eigenvalue weighted by Crippen LogP contribution is -2.51. The zero-order valence-corrected chi connectivity index (χ0v) is 42.7. The zero-order valence-electron chi connectivity index (χ0n) is 41.8. The van der Waals surface area contributed by atoms with E-state index in [4.69, 9.17) is 23.7 Å². The van der Waals surface area contributed by atoms with Crippen molar-refractivity contribution in [2.75, 3.05) is 65.6 Å². The molecule has 0 aromatic heterocycles. The number of aryl methyl sites for hydroxylation is 1. The molecule has 6 N–H and O–H groups in total. The van der Waals surface area contributed by atoms with Crippen molar-refractivity contribution in [2.45, 2.75) is 62.9 Å². The van der Waals surface area contributed by atoms with Crippen LogP contribution in [0.2, 0.25) is 0 Å². The van der Waals surface area contributed by atoms with E-state index in [-0.39, 0.29) is 63.1 Å². The second-order valence-electron chi connectivity index (χ2n) is 17.7. The maximum atomic E-state index is 12.7. The summed E-state index contributed by atoms with van der Waals surface area (Å²) in [5.41, 5.74) is 3.56. The molecule has 0 saturated heterocycles. The molecule has 408 valence electrons. The molecule has 5 aromatic rings. The van der Waals surface area contributed by atoms with Crippen LogP contribution in [-0.4, -0.2) is 161 Å². The summed E-state index contributed by atoms with van der Waals surface area (Å²) in [4.78, 5) is 61.9. The molecule has 0 aliphatic rings. The Hall–Kier alpha value is -7.76. The van der Waals surface area contributed by atoms with Crippen molar-refractivity contribution in [3.05, 3.63) is 144 Å². The van der Waals surface area contributed by atoms with E-state index in [9.17, 15) is 62.5 Å². The highest BCUT2D eigenvalue weighted by Gasteiger charge is 2.28. The first-order valence-electron chi connectivity index (χ1n) is 24.2. The van der Waals surface area contributed by atoms with E-state index in [0.717, 1.165) is 46.3 Å². The van der Waals surface area contributed by atoms with E-state index in [1.807, 2.05) is 54.6 Å². The highest BCUT2D eigenvalue weighted by atomic mass is 32.2. The summed E-state index contributed by atoms with van der Waals surface area (Å²) in [6, 6.07) is 33.8. The Morgan fingerprint density at radius 2 is 1.00 bits per heavy atom. The topological polar surface area (TPSA) is 297 Å². The van der Waals surface area contributed by atoms with Crippen LogP contribution in [0.4, 0.5) is 0 Å². The summed E-state index contributed by atoms with van der Waals surface area (Å²) < 4.78 is 66.0. The van der Waals surface area contributed by atoms with Crippen LogP contribution in [0, 0.1) is 0 Å². The van der Waals surface area contributed by atoms with Crippen LogP contribution < -0.4 is 23.7 Å². The Morgan fingerprint density at radius 1 is 0.526 bits per heavy atom. The molecule has 22 heteroatoms. The molecular weight excluding hydrogens is 1010 g/mol. The van der Waals surface area contributed by atoms with Gasteiger partial charge < -0.3 is 49.2 Å². The van der Waals surface area contributed by atoms with Gasteiger partial charge in [-0.3, -0.25) is 43.2 Å². The van der Waals surface area contributed by atoms with Crippen molar-refractivity contribution in [1.82, 2.24) is 14.7 Å². The normalized spacial score (nSPS) is 12.2. The number of nitrogens with zero attached hydrogens (tertiary/aromatic N) is 3. The first kappa shape index (κ1) is 59.1. The van der Waals surface area contributed by atoms with Crippen LogP contribution in [0.3, 0.4) is 0 Å². The van der Waals surface area contributed by atoms with Crippen molar-refractivity contribution < 1.29 is 86.2 Å². The van der Waals surface area contributed by atoms with Crippen LogP contribution in [0.5, 0.6) is 28.7 Å². The molecule has 0 aliphatic heterocycles. The number of aliphatic carboxylic acids is 5. The number of hydrogen-bond acceptors (Lipinski definition) is 15. The Kier molecular flexibility index (Phi) is 23.3. The Bertz CT molecular complexity index is 2730. The van der Waals surface area contributed by atoms with E-state index in [0.29, 0.717) is 23.7 Å². The molecule has 0 bridgehead atoms. The number of ether oxygens (including phenoxy) is 5. The molecule has 0 heterocycles. The molecule has 76 heavy (non-hydrogen) atoms. The lowest BCUT2D eigenvalue weighted by atomic mass is 10.0. The van der Waals surface area contributed by atoms with E-state index in [1.54, 1.807) is 48.5 Å². The molecule has 21 nitrogen and oxygen atoms in total. The molecule has 5 rings (SSSR count). The smallest absolute Gasteiger partial charge is 0.317 e. The van der Waals surface area contributed by atoms with Gasteiger partial charge in [-0.15, -0.1) is 0 Å². The summed E-state index contributed by atoms with van der Waals surface area (Å²) >= 11 is 0. The van der Waals surface area contributed by atoms with Gasteiger partial charge >= 0.3 is 29.8 Å². The molecule has 0 amide bonds. The highest BCUT2D eigenvalue weighted by molar-refractivity contribution is 7.86. The van der Waals surface area contributed by atoms with E-state index >= 15 is 0 Å². The average Bonchev–Trinajstić information content (AvgIpc) is 3.37. The second-order valence-corrected chi connectivity index (χ2v) is 19.1. The van der Waals surface area contributed by atoms with Crippen molar-refractivity contribution in [3.8, 4) is 28.7 Å². The number of unbranched alkanes of at least 4 members (excludes halogenated alkanes) is 1. The lowest BCUT2D eigenvalue weighted by molar-refractivity contribution is -0.144. The lowest BCUT2D eigenvalue weighted by Gasteiger charge is -2.34. The van der Waals surface area contributed by atoms with Crippen molar-refractivity contribution in [1.29, 1.82) is 0 Å². The van der Waals surface area contributed by atoms with Gasteiger partial charge in [-0.25, -0.2) is 0 Å². The van der Waals surface area contributed by atoms with Crippen LogP contribution in [0.25, 0.3) is 0 Å². The number of carbonyl (C=O) groups is 5. The average molecular weight is 1070 g/mol. The van der Waals surface area contributed by atoms with Gasteiger partial charge in [0.2, 0.25) is 0 Å². The van der Waals surface area contributed by atoms with Crippen molar-refractivity contribution in [2.24, 2.45) is 0 Å². The minimum Gasteiger partial charge on any atom is -0.490 e. The fourth-order valence-corrected chi connectivity index (χ4v) is 8.50. The minimum absolute atomic E-state index is 0.0188. The number of carboxylic acids is 5. The number of hydrogen-bond donors (Lipinski definition) is 6. The molecule has 2 unspecified atom stereocenters. The maximum absolute atomic E-state index is 12.7. The number of carboxylic acid groups (broad SMARTS) is 5. The number of benzene rings is 5. The molecule has 0 radical (unpaired) electrons. The van der Waals surface area contributed by atoms with E-state index in [2.05, 4.69) is 6.92 Å². The van der Waals surface area contributed by atoms with Crippen molar-refractivity contribution in [3.63, 3.8) is 0 Å². The molecule has 0 spiro atoms. The molecule has 0 fully saturated rings. The van der Waals surface area contributed by atoms with Gasteiger partial charge in [0, 0.05) is 31.7 Å². The summed E-state index contributed by atoms with van der Waals surface area (Å²) in [7, 11) is -4.84. The van der Waals surface area contributed by atoms with Gasteiger partial charge in [-0.05, 0) is 90.0 Å². The first-order chi connectivity index (χ1) is 36.3. The Labute approximate surface area is 440 Å². The summed E-state index contributed by atoms with van der Waals surface area (Å²) in [6.07, 6.45) is 2.12. The van der Waals surface area contributed by atoms with Crippen LogP contribution in [-0.2, 0) is 60.1 Å². The van der Waals surface area contributed by atoms with Crippen LogP contribution in [0.15, 0.2) is 126 Å². The first-order valence-corrected chi connectivity index (χ1v) is 25.6. The maximum Gasteiger partial charge on any atom is 0.317 e. The van der Waals surface area contributed by atoms with Crippen LogP contribution >= 0.6 is 0 Å². The van der Waals surface area contributed by atoms with Gasteiger partial charge in [0.1, 0.15) is 60.1 Å². The fraction of sp³-hybridized carbons (Fsp3) is 0.352. The third kappa shape index (κ3) is 21.6. The van der Waals surface area contributed by atoms with Gasteiger partial charge in [-0.1, -0.05) is 80.1 Å². The molecule has 5 aromatic carbocycles. The molecule has 2 atom stereocenters. The third-order valence-electron chi connectivity index (χ3n) is 11.5. The minimum atomic E-state index is -4.84. The standard InChI is InChI=1S/C54H63N3O18S/c1-2-3-7-38-10-12-41(13-11-38)35-72-46-22-23-48(49(27-46)76(68,69)70)74-37-47(36-73-44-20-18-43(19-21-44)71-34-40-8-5-4-6-9-40)75-45-16-14-39(15-17-45)26-42(57(32-53(64)65)33-54(66)67)28-55(29-50(58)59)24-25-56(30-51(60)61)31-52(62)63/h4-6,8-23,27,42,47H,2-3,7,24-26,28-37H2,1H3,(H,58,59)(H,60,61)(H,62,63)(H,64,65)(H,66,67)(H,68,69,70). The van der Waals surface area contributed by atoms with Crippen LogP contribution in [0.1, 0.15) is 42.0 Å². The SMILES string of the molecule is CCCCc1ccc(COc2ccc(OCC(COc3ccc(OCc4ccccc4)cc3)Oc3ccc(CC(CN(CCN(CC(=O)O)CC(=O)O)CC(=O)O)N(CC(=O)O)CC(=O)O)cc3)c(S(=O)(=O)O)c2)cc1. The predicted octanol–water partition coefficient (Wildman–Crippen LogP) is 5.58. The van der Waals surface area contributed by atoms with E-state index in [1.165, 1.54) is 22.6 Å². The van der Waals surface area contributed by atoms with Gasteiger partial charge in [-0.2, -0.15) is 8.42 Å². The molecule has 0 saturated carbocycles. The largest absolute Gasteiger partial charge is 0.490 e. The van der Waals surface area contributed by atoms with Gasteiger partial charge in [0.25, 0.3) is 10.1 Å². The Balaban J connectivity index is 1.36. The second kappa shape index (κ2) is 30.0. The molecule has 0 aliphatic carbocycles. The quantitative estimate of drug-likeness (QED) is 0.0267. The monoisotopic (exact) mass is 1070 g/mol.